The van der Waals surface area contributed by atoms with Crippen molar-refractivity contribution in [3.8, 4) is 0 Å². The van der Waals surface area contributed by atoms with Gasteiger partial charge < -0.3 is 9.47 Å². The number of hydrogen-bond donors (Lipinski definition) is 0. The molecule has 0 atom stereocenters. The molecule has 0 aliphatic carbocycles. The summed E-state index contributed by atoms with van der Waals surface area (Å²) in [4.78, 5) is 23.6. The first-order valence-electron chi connectivity index (χ1n) is 17.8. The molecule has 40 heavy (non-hydrogen) atoms. The molecule has 0 aromatic rings. The predicted octanol–water partition coefficient (Wildman–Crippen LogP) is 11.5. The molecule has 0 spiro atoms. The lowest BCUT2D eigenvalue weighted by Gasteiger charge is -2.06. The molecule has 4 heteroatoms. The van der Waals surface area contributed by atoms with Gasteiger partial charge in [-0.15, -0.1) is 0 Å². The third-order valence-corrected chi connectivity index (χ3v) is 7.98. The average Bonchev–Trinajstić information content (AvgIpc) is 2.92. The molecule has 0 saturated heterocycles. The molecule has 0 aromatic carbocycles. The molecule has 0 bridgehead atoms. The van der Waals surface area contributed by atoms with Gasteiger partial charge in [-0.1, -0.05) is 182 Å². The molecular formula is C36H70O4. The molecule has 0 radical (unpaired) electrons. The first-order valence-corrected chi connectivity index (χ1v) is 17.8. The van der Waals surface area contributed by atoms with Crippen molar-refractivity contribution < 1.29 is 19.1 Å². The van der Waals surface area contributed by atoms with Crippen LogP contribution in [0, 0.1) is 11.8 Å². The molecular weight excluding hydrogens is 496 g/mol. The first kappa shape index (κ1) is 38.9. The van der Waals surface area contributed by atoms with E-state index in [-0.39, 0.29) is 0 Å². The summed E-state index contributed by atoms with van der Waals surface area (Å²) in [5, 5.41) is 0. The van der Waals surface area contributed by atoms with Crippen LogP contribution in [0.3, 0.4) is 0 Å². The number of carbonyl (C=O) groups is 2. The van der Waals surface area contributed by atoms with E-state index in [4.69, 9.17) is 9.47 Å². The van der Waals surface area contributed by atoms with Crippen molar-refractivity contribution in [2.24, 2.45) is 11.8 Å². The minimum absolute atomic E-state index is 0.322. The smallest absolute Gasteiger partial charge is 0.417 e. The summed E-state index contributed by atoms with van der Waals surface area (Å²) in [6.45, 7) is 9.89. The number of unbranched alkanes of at least 4 members (excludes halogenated alkanes) is 22. The van der Waals surface area contributed by atoms with Crippen LogP contribution in [0.1, 0.15) is 195 Å². The number of rotatable bonds is 30. The topological polar surface area (TPSA) is 52.6 Å². The van der Waals surface area contributed by atoms with Crippen molar-refractivity contribution in [1.82, 2.24) is 0 Å². The lowest BCUT2D eigenvalue weighted by atomic mass is 10.0. The summed E-state index contributed by atoms with van der Waals surface area (Å²) in [6.07, 6.45) is 33.3. The first-order chi connectivity index (χ1) is 19.4. The molecule has 0 aromatic heterocycles. The van der Waals surface area contributed by atoms with Crippen molar-refractivity contribution in [2.45, 2.75) is 195 Å². The van der Waals surface area contributed by atoms with Gasteiger partial charge in [-0.25, -0.2) is 9.59 Å². The number of esters is 2. The van der Waals surface area contributed by atoms with Gasteiger partial charge in [0, 0.05) is 0 Å². The third kappa shape index (κ3) is 31.5. The molecule has 0 amide bonds. The standard InChI is InChI=1S/C36H70O4/c1-33(2)29-25-21-17-13-9-5-7-11-15-19-23-27-31-39-35(37)36(38)40-32-28-24-20-16-12-8-6-10-14-18-22-26-30-34(3)4/h33-34H,5-32H2,1-4H3. The average molecular weight is 567 g/mol. The Labute approximate surface area is 250 Å². The Hall–Kier alpha value is -1.06. The van der Waals surface area contributed by atoms with Crippen LogP contribution < -0.4 is 0 Å². The maximum atomic E-state index is 11.8. The summed E-state index contributed by atoms with van der Waals surface area (Å²) in [7, 11) is 0. The zero-order chi connectivity index (χ0) is 29.5. The van der Waals surface area contributed by atoms with Crippen LogP contribution in [-0.4, -0.2) is 25.2 Å². The highest BCUT2D eigenvalue weighted by atomic mass is 16.6. The summed E-state index contributed by atoms with van der Waals surface area (Å²) in [6, 6.07) is 0. The van der Waals surface area contributed by atoms with E-state index >= 15 is 0 Å². The van der Waals surface area contributed by atoms with Crippen molar-refractivity contribution in [3.63, 3.8) is 0 Å². The number of carbonyl (C=O) groups excluding carboxylic acids is 2. The minimum atomic E-state index is -0.830. The van der Waals surface area contributed by atoms with Crippen molar-refractivity contribution >= 4 is 11.9 Å². The Morgan fingerprint density at radius 1 is 0.350 bits per heavy atom. The number of hydrogen-bond acceptors (Lipinski definition) is 4. The molecule has 0 saturated carbocycles. The summed E-state index contributed by atoms with van der Waals surface area (Å²) >= 11 is 0. The maximum Gasteiger partial charge on any atom is 0.417 e. The predicted molar refractivity (Wildman–Crippen MR) is 172 cm³/mol. The highest BCUT2D eigenvalue weighted by Gasteiger charge is 2.16. The summed E-state index contributed by atoms with van der Waals surface area (Å²) < 4.78 is 10.2. The second-order valence-electron chi connectivity index (χ2n) is 13.1. The fraction of sp³-hybridized carbons (Fsp3) is 0.944. The highest BCUT2D eigenvalue weighted by molar-refractivity contribution is 6.29. The van der Waals surface area contributed by atoms with Gasteiger partial charge >= 0.3 is 11.9 Å². The van der Waals surface area contributed by atoms with Crippen LogP contribution in [0.5, 0.6) is 0 Å². The lowest BCUT2D eigenvalue weighted by Crippen LogP contribution is -2.21. The minimum Gasteiger partial charge on any atom is -0.457 e. The summed E-state index contributed by atoms with van der Waals surface area (Å²) in [5.74, 6) is 0.0385. The zero-order valence-corrected chi connectivity index (χ0v) is 27.6. The van der Waals surface area contributed by atoms with Gasteiger partial charge in [0.05, 0.1) is 13.2 Å². The largest absolute Gasteiger partial charge is 0.457 e. The Morgan fingerprint density at radius 2 is 0.550 bits per heavy atom. The van der Waals surface area contributed by atoms with E-state index in [9.17, 15) is 9.59 Å². The molecule has 0 N–H and O–H groups in total. The van der Waals surface area contributed by atoms with E-state index in [1.807, 2.05) is 0 Å². The van der Waals surface area contributed by atoms with E-state index in [0.717, 1.165) is 37.5 Å². The molecule has 0 heterocycles. The molecule has 238 valence electrons. The zero-order valence-electron chi connectivity index (χ0n) is 27.6. The molecule has 0 aliphatic rings. The van der Waals surface area contributed by atoms with E-state index in [1.165, 1.54) is 141 Å². The Bertz CT molecular complexity index is 495. The van der Waals surface area contributed by atoms with Gasteiger partial charge in [0.1, 0.15) is 0 Å². The number of ether oxygens (including phenoxy) is 2. The van der Waals surface area contributed by atoms with Gasteiger partial charge in [-0.2, -0.15) is 0 Å². The van der Waals surface area contributed by atoms with Crippen molar-refractivity contribution in [1.29, 1.82) is 0 Å². The molecule has 0 aliphatic heterocycles. The molecule has 4 nitrogen and oxygen atoms in total. The van der Waals surface area contributed by atoms with E-state index < -0.39 is 11.9 Å². The van der Waals surface area contributed by atoms with Gasteiger partial charge in [-0.3, -0.25) is 0 Å². The molecule has 0 unspecified atom stereocenters. The van der Waals surface area contributed by atoms with Crippen molar-refractivity contribution in [2.75, 3.05) is 13.2 Å². The quantitative estimate of drug-likeness (QED) is 0.0493. The maximum absolute atomic E-state index is 11.8. The van der Waals surface area contributed by atoms with E-state index in [2.05, 4.69) is 27.7 Å². The van der Waals surface area contributed by atoms with Crippen LogP contribution in [0.4, 0.5) is 0 Å². The Balaban J connectivity index is 3.29. The van der Waals surface area contributed by atoms with Crippen LogP contribution in [-0.2, 0) is 19.1 Å². The van der Waals surface area contributed by atoms with Gasteiger partial charge in [0.15, 0.2) is 0 Å². The van der Waals surface area contributed by atoms with Gasteiger partial charge in [-0.05, 0) is 24.7 Å². The monoisotopic (exact) mass is 567 g/mol. The third-order valence-electron chi connectivity index (χ3n) is 7.98. The van der Waals surface area contributed by atoms with Crippen LogP contribution in [0.2, 0.25) is 0 Å². The molecule has 0 fully saturated rings. The van der Waals surface area contributed by atoms with Gasteiger partial charge in [0.25, 0.3) is 0 Å². The summed E-state index contributed by atoms with van der Waals surface area (Å²) in [5.41, 5.74) is 0. The van der Waals surface area contributed by atoms with Gasteiger partial charge in [0.2, 0.25) is 0 Å². The van der Waals surface area contributed by atoms with Crippen LogP contribution in [0.25, 0.3) is 0 Å². The fourth-order valence-electron chi connectivity index (χ4n) is 5.29. The second kappa shape index (κ2) is 30.9. The lowest BCUT2D eigenvalue weighted by molar-refractivity contribution is -0.167. The van der Waals surface area contributed by atoms with Crippen molar-refractivity contribution in [3.05, 3.63) is 0 Å². The highest BCUT2D eigenvalue weighted by Crippen LogP contribution is 2.15. The fourth-order valence-corrected chi connectivity index (χ4v) is 5.29. The van der Waals surface area contributed by atoms with E-state index in [0.29, 0.717) is 13.2 Å². The van der Waals surface area contributed by atoms with E-state index in [1.54, 1.807) is 0 Å². The molecule has 0 rings (SSSR count). The van der Waals surface area contributed by atoms with Crippen LogP contribution in [0.15, 0.2) is 0 Å². The SMILES string of the molecule is CC(C)CCCCCCCCCCCCCCOC(=O)C(=O)OCCCCCCCCCCCCCCC(C)C. The Morgan fingerprint density at radius 3 is 0.775 bits per heavy atom. The normalized spacial score (nSPS) is 11.4. The van der Waals surface area contributed by atoms with Crippen LogP contribution >= 0.6 is 0 Å². The Kier molecular flexibility index (Phi) is 30.1. The second-order valence-corrected chi connectivity index (χ2v) is 13.1.